The highest BCUT2D eigenvalue weighted by Gasteiger charge is 2.28. The van der Waals surface area contributed by atoms with Gasteiger partial charge < -0.3 is 24.3 Å². The van der Waals surface area contributed by atoms with E-state index in [1.54, 1.807) is 24.4 Å². The molecule has 2 aromatic heterocycles. The molecular formula is C36H29F2N5O6. The summed E-state index contributed by atoms with van der Waals surface area (Å²) in [5.74, 6) is -0.650. The first-order valence-electron chi connectivity index (χ1n) is 15.5. The van der Waals surface area contributed by atoms with Crippen LogP contribution in [-0.2, 0) is 6.42 Å². The first-order chi connectivity index (χ1) is 23.8. The minimum absolute atomic E-state index is 0.0670. The molecule has 0 saturated carbocycles. The summed E-state index contributed by atoms with van der Waals surface area (Å²) in [6, 6.07) is 16.5. The predicted molar refractivity (Wildman–Crippen MR) is 175 cm³/mol. The van der Waals surface area contributed by atoms with Gasteiger partial charge in [-0.2, -0.15) is 5.26 Å². The Hall–Kier alpha value is -6.00. The minimum Gasteiger partial charge on any atom is -0.493 e. The summed E-state index contributed by atoms with van der Waals surface area (Å²) >= 11 is 0. The highest BCUT2D eigenvalue weighted by Crippen LogP contribution is 2.38. The lowest BCUT2D eigenvalue weighted by atomic mass is 10.0. The third-order valence-corrected chi connectivity index (χ3v) is 8.39. The quantitative estimate of drug-likeness (QED) is 0.206. The number of halogens is 2. The summed E-state index contributed by atoms with van der Waals surface area (Å²) < 4.78 is 53.3. The van der Waals surface area contributed by atoms with Gasteiger partial charge in [0.25, 0.3) is 11.5 Å². The van der Waals surface area contributed by atoms with Crippen molar-refractivity contribution in [2.75, 3.05) is 45.3 Å². The summed E-state index contributed by atoms with van der Waals surface area (Å²) in [4.78, 5) is 33.4. The number of aromatic nitrogens is 2. The van der Waals surface area contributed by atoms with E-state index in [9.17, 15) is 14.0 Å². The van der Waals surface area contributed by atoms with E-state index in [4.69, 9.17) is 24.2 Å². The van der Waals surface area contributed by atoms with Gasteiger partial charge in [0.05, 0.1) is 31.2 Å². The second-order valence-corrected chi connectivity index (χ2v) is 11.6. The number of carbonyl (C=O) groups is 1. The molecule has 4 heterocycles. The maximum absolute atomic E-state index is 15.4. The Labute approximate surface area is 278 Å². The maximum atomic E-state index is 15.4. The molecule has 248 valence electrons. The fourth-order valence-electron chi connectivity index (χ4n) is 5.83. The van der Waals surface area contributed by atoms with E-state index < -0.39 is 23.1 Å². The summed E-state index contributed by atoms with van der Waals surface area (Å²) in [7, 11) is 1.51. The lowest BCUT2D eigenvalue weighted by Crippen LogP contribution is -2.47. The summed E-state index contributed by atoms with van der Waals surface area (Å²) in [5, 5.41) is 12.1. The number of likely N-dealkylation sites (tertiary alicyclic amines) is 1. The van der Waals surface area contributed by atoms with Crippen LogP contribution in [0.15, 0.2) is 77.9 Å². The number of nitrogens with zero attached hydrogens (tertiary/aromatic N) is 4. The molecule has 11 nitrogen and oxygen atoms in total. The zero-order valence-electron chi connectivity index (χ0n) is 26.2. The maximum Gasteiger partial charge on any atom is 0.271 e. The smallest absolute Gasteiger partial charge is 0.271 e. The van der Waals surface area contributed by atoms with Gasteiger partial charge in [-0.1, -0.05) is 0 Å². The Bertz CT molecular complexity index is 2180. The molecule has 13 heteroatoms. The molecule has 0 spiro atoms. The molecule has 2 aliphatic rings. The Kier molecular flexibility index (Phi) is 8.54. The Morgan fingerprint density at radius 3 is 2.63 bits per heavy atom. The van der Waals surface area contributed by atoms with E-state index in [0.29, 0.717) is 59.0 Å². The van der Waals surface area contributed by atoms with Gasteiger partial charge in [-0.25, -0.2) is 8.78 Å². The number of benzene rings is 3. The second-order valence-electron chi connectivity index (χ2n) is 11.6. The van der Waals surface area contributed by atoms with Gasteiger partial charge in [-0.3, -0.25) is 24.0 Å². The van der Waals surface area contributed by atoms with E-state index >= 15 is 4.39 Å². The number of amides is 1. The van der Waals surface area contributed by atoms with Crippen molar-refractivity contribution < 1.29 is 32.5 Å². The van der Waals surface area contributed by atoms with Crippen molar-refractivity contribution >= 4 is 22.5 Å². The number of carbonyl (C=O) groups excluding carboxylic acids is 1. The molecule has 1 saturated heterocycles. The van der Waals surface area contributed by atoms with E-state index in [0.717, 1.165) is 19.2 Å². The van der Waals surface area contributed by atoms with Crippen LogP contribution in [-0.4, -0.2) is 60.3 Å². The third-order valence-electron chi connectivity index (χ3n) is 8.39. The topological polar surface area (TPSA) is 128 Å². The van der Waals surface area contributed by atoms with Crippen molar-refractivity contribution in [3.63, 3.8) is 0 Å². The Balaban J connectivity index is 1.09. The first kappa shape index (κ1) is 31.6. The van der Waals surface area contributed by atoms with Crippen molar-refractivity contribution in [3.8, 4) is 40.5 Å². The Morgan fingerprint density at radius 1 is 1.06 bits per heavy atom. The SMILES string of the molecule is COc1cc2c(Oc3ccc(NC(=O)c4c5c(cn(-c6ccc(F)cc6)c4=O)CCO5)cc3F)ccnc2cc1OCCN1CC(C#N)C1. The van der Waals surface area contributed by atoms with Gasteiger partial charge in [0, 0.05) is 72.9 Å². The molecule has 49 heavy (non-hydrogen) atoms. The number of ether oxygens (including phenoxy) is 4. The molecule has 2 aliphatic heterocycles. The van der Waals surface area contributed by atoms with Gasteiger partial charge in [-0.05, 0) is 48.5 Å². The number of hydrogen-bond donors (Lipinski definition) is 1. The molecule has 0 radical (unpaired) electrons. The van der Waals surface area contributed by atoms with Gasteiger partial charge in [0.1, 0.15) is 29.5 Å². The van der Waals surface area contributed by atoms with Gasteiger partial charge in [0.15, 0.2) is 23.1 Å². The van der Waals surface area contributed by atoms with Gasteiger partial charge in [0.2, 0.25) is 0 Å². The zero-order valence-corrected chi connectivity index (χ0v) is 26.2. The monoisotopic (exact) mass is 665 g/mol. The van der Waals surface area contributed by atoms with E-state index in [1.807, 2.05) is 0 Å². The van der Waals surface area contributed by atoms with Crippen LogP contribution in [0.2, 0.25) is 0 Å². The largest absolute Gasteiger partial charge is 0.493 e. The van der Waals surface area contributed by atoms with E-state index in [-0.39, 0.29) is 35.3 Å². The summed E-state index contributed by atoms with van der Waals surface area (Å²) in [5.41, 5.74) is 0.741. The van der Waals surface area contributed by atoms with E-state index in [2.05, 4.69) is 21.3 Å². The number of pyridine rings is 2. The molecule has 3 aromatic carbocycles. The van der Waals surface area contributed by atoms with Crippen LogP contribution in [0.3, 0.4) is 0 Å². The molecule has 1 N–H and O–H groups in total. The lowest BCUT2D eigenvalue weighted by molar-refractivity contribution is 0.102. The van der Waals surface area contributed by atoms with Crippen LogP contribution in [0.25, 0.3) is 16.6 Å². The van der Waals surface area contributed by atoms with Crippen LogP contribution in [0.4, 0.5) is 14.5 Å². The zero-order chi connectivity index (χ0) is 34.1. The van der Waals surface area contributed by atoms with Gasteiger partial charge in [-0.15, -0.1) is 0 Å². The molecule has 0 atom stereocenters. The molecule has 7 rings (SSSR count). The fourth-order valence-corrected chi connectivity index (χ4v) is 5.83. The molecule has 0 unspecified atom stereocenters. The predicted octanol–water partition coefficient (Wildman–Crippen LogP) is 5.49. The van der Waals surface area contributed by atoms with Crippen LogP contribution < -0.4 is 29.8 Å². The van der Waals surface area contributed by atoms with Crippen LogP contribution in [0.5, 0.6) is 28.7 Å². The number of fused-ring (bicyclic) bond motifs is 2. The number of rotatable bonds is 10. The molecule has 0 bridgehead atoms. The summed E-state index contributed by atoms with van der Waals surface area (Å²) in [6.07, 6.45) is 3.58. The van der Waals surface area contributed by atoms with Crippen molar-refractivity contribution in [1.82, 2.24) is 14.5 Å². The lowest BCUT2D eigenvalue weighted by Gasteiger charge is -2.34. The highest BCUT2D eigenvalue weighted by molar-refractivity contribution is 6.06. The number of anilines is 1. The van der Waals surface area contributed by atoms with Crippen molar-refractivity contribution in [2.24, 2.45) is 5.92 Å². The number of methoxy groups -OCH3 is 1. The number of nitriles is 1. The molecule has 5 aromatic rings. The van der Waals surface area contributed by atoms with Crippen LogP contribution >= 0.6 is 0 Å². The van der Waals surface area contributed by atoms with Gasteiger partial charge >= 0.3 is 0 Å². The molecule has 1 fully saturated rings. The molecule has 1 amide bonds. The minimum atomic E-state index is -0.783. The first-order valence-corrected chi connectivity index (χ1v) is 15.5. The molecule has 0 aliphatic carbocycles. The number of hydrogen-bond acceptors (Lipinski definition) is 9. The number of nitrogens with one attached hydrogen (secondary N) is 1. The third kappa shape index (κ3) is 6.33. The van der Waals surface area contributed by atoms with Crippen LogP contribution in [0.1, 0.15) is 15.9 Å². The van der Waals surface area contributed by atoms with Crippen LogP contribution in [0, 0.1) is 28.9 Å². The standard InChI is InChI=1S/C36H29F2N5O6/c1-46-31-15-26-28(16-32(31)47-13-11-42-18-21(17-39)19-42)40-10-8-29(26)49-30-7-4-24(14-27(30)38)41-35(44)33-34-22(9-12-48-34)20-43(36(33)45)25-5-2-23(37)3-6-25/h2-8,10,14-16,20-21H,9,11-13,18-19H2,1H3,(H,41,44). The molecular weight excluding hydrogens is 636 g/mol. The van der Waals surface area contributed by atoms with Crippen molar-refractivity contribution in [3.05, 3.63) is 106 Å². The average Bonchev–Trinajstić information content (AvgIpc) is 3.55. The Morgan fingerprint density at radius 2 is 1.88 bits per heavy atom. The van der Waals surface area contributed by atoms with Crippen molar-refractivity contribution in [2.45, 2.75) is 6.42 Å². The van der Waals surface area contributed by atoms with Crippen molar-refractivity contribution in [1.29, 1.82) is 5.26 Å². The summed E-state index contributed by atoms with van der Waals surface area (Å²) in [6.45, 7) is 2.81. The second kappa shape index (κ2) is 13.2. The fraction of sp³-hybridized carbons (Fsp3) is 0.222. The highest BCUT2D eigenvalue weighted by atomic mass is 19.1. The van der Waals surface area contributed by atoms with E-state index in [1.165, 1.54) is 54.3 Å². The normalized spacial score (nSPS) is 14.0. The average molecular weight is 666 g/mol.